The fraction of sp³-hybridized carbons (Fsp3) is 0.800. The number of aromatic nitrogens is 3. The zero-order chi connectivity index (χ0) is 13.4. The molecule has 7 nitrogen and oxygen atoms in total. The van der Waals surface area contributed by atoms with Crippen molar-refractivity contribution in [2.45, 2.75) is 32.9 Å². The van der Waals surface area contributed by atoms with Crippen LogP contribution in [0.15, 0.2) is 6.33 Å². The minimum atomic E-state index is -3.07. The first-order valence-corrected chi connectivity index (χ1v) is 7.94. The van der Waals surface area contributed by atoms with Crippen molar-refractivity contribution in [3.8, 4) is 0 Å². The van der Waals surface area contributed by atoms with E-state index in [0.717, 1.165) is 38.0 Å². The van der Waals surface area contributed by atoms with Gasteiger partial charge in [0.1, 0.15) is 12.2 Å². The molecule has 0 radical (unpaired) electrons. The predicted octanol–water partition coefficient (Wildman–Crippen LogP) is -0.283. The lowest BCUT2D eigenvalue weighted by molar-refractivity contribution is 0.536. The van der Waals surface area contributed by atoms with Gasteiger partial charge < -0.3 is 5.32 Å². The van der Waals surface area contributed by atoms with Gasteiger partial charge in [0.15, 0.2) is 0 Å². The average Bonchev–Trinajstić information content (AvgIpc) is 2.70. The first kappa shape index (κ1) is 15.1. The molecule has 0 atom stereocenters. The van der Waals surface area contributed by atoms with E-state index < -0.39 is 10.0 Å². The highest BCUT2D eigenvalue weighted by Crippen LogP contribution is 1.95. The summed E-state index contributed by atoms with van der Waals surface area (Å²) >= 11 is 0. The Kier molecular flexibility index (Phi) is 6.23. The number of aryl methyl sites for hydroxylation is 1. The third-order valence-corrected chi connectivity index (χ3v) is 3.04. The Balaban J connectivity index is 2.16. The normalized spacial score (nSPS) is 11.9. The molecule has 0 aliphatic carbocycles. The van der Waals surface area contributed by atoms with Gasteiger partial charge in [-0.25, -0.2) is 22.8 Å². The fourth-order valence-corrected chi connectivity index (χ4v) is 2.01. The molecule has 1 rings (SSSR count). The Labute approximate surface area is 108 Å². The van der Waals surface area contributed by atoms with Gasteiger partial charge >= 0.3 is 0 Å². The summed E-state index contributed by atoms with van der Waals surface area (Å²) in [6.45, 7) is 4.80. The molecule has 0 aliphatic heterocycles. The number of sulfonamides is 1. The van der Waals surface area contributed by atoms with Gasteiger partial charge in [0, 0.05) is 13.1 Å². The molecular formula is C10H21N5O2S. The second-order valence-electron chi connectivity index (χ2n) is 4.10. The smallest absolute Gasteiger partial charge is 0.208 e. The summed E-state index contributed by atoms with van der Waals surface area (Å²) in [4.78, 5) is 4.17. The van der Waals surface area contributed by atoms with E-state index in [-0.39, 0.29) is 0 Å². The van der Waals surface area contributed by atoms with Crippen LogP contribution in [-0.2, 0) is 23.1 Å². The van der Waals surface area contributed by atoms with Gasteiger partial charge in [-0.3, -0.25) is 0 Å². The Morgan fingerprint density at radius 2 is 2.17 bits per heavy atom. The van der Waals surface area contributed by atoms with Crippen molar-refractivity contribution in [1.29, 1.82) is 0 Å². The van der Waals surface area contributed by atoms with Crippen LogP contribution in [0.4, 0.5) is 0 Å². The van der Waals surface area contributed by atoms with E-state index in [1.807, 2.05) is 4.68 Å². The molecule has 0 amide bonds. The molecule has 0 aromatic carbocycles. The van der Waals surface area contributed by atoms with Gasteiger partial charge in [0.25, 0.3) is 0 Å². The number of nitrogens with one attached hydrogen (secondary N) is 2. The highest BCUT2D eigenvalue weighted by atomic mass is 32.2. The average molecular weight is 275 g/mol. The van der Waals surface area contributed by atoms with E-state index in [9.17, 15) is 8.42 Å². The molecule has 0 unspecified atom stereocenters. The van der Waals surface area contributed by atoms with Crippen molar-refractivity contribution in [2.24, 2.45) is 0 Å². The van der Waals surface area contributed by atoms with Crippen LogP contribution < -0.4 is 10.0 Å². The molecule has 2 N–H and O–H groups in total. The van der Waals surface area contributed by atoms with Crippen molar-refractivity contribution in [3.05, 3.63) is 12.2 Å². The SMILES string of the molecule is CCCn1ncnc1CNCCCNS(C)(=O)=O. The summed E-state index contributed by atoms with van der Waals surface area (Å²) in [5, 5.41) is 7.34. The summed E-state index contributed by atoms with van der Waals surface area (Å²) < 4.78 is 26.0. The van der Waals surface area contributed by atoms with Gasteiger partial charge in [-0.1, -0.05) is 6.92 Å². The van der Waals surface area contributed by atoms with Crippen LogP contribution in [-0.4, -0.2) is 42.5 Å². The van der Waals surface area contributed by atoms with Crippen molar-refractivity contribution < 1.29 is 8.42 Å². The van der Waals surface area contributed by atoms with Gasteiger partial charge in [-0.05, 0) is 19.4 Å². The Morgan fingerprint density at radius 1 is 1.39 bits per heavy atom. The second kappa shape index (κ2) is 7.45. The lowest BCUT2D eigenvalue weighted by atomic mass is 10.4. The zero-order valence-electron chi connectivity index (χ0n) is 10.9. The lowest BCUT2D eigenvalue weighted by Crippen LogP contribution is -2.26. The predicted molar refractivity (Wildman–Crippen MR) is 69.5 cm³/mol. The Hall–Kier alpha value is -0.990. The summed E-state index contributed by atoms with van der Waals surface area (Å²) in [5.41, 5.74) is 0. The molecule has 1 aromatic rings. The number of rotatable bonds is 9. The zero-order valence-corrected chi connectivity index (χ0v) is 11.7. The molecule has 1 heterocycles. The van der Waals surface area contributed by atoms with Crippen molar-refractivity contribution >= 4 is 10.0 Å². The topological polar surface area (TPSA) is 88.9 Å². The number of hydrogen-bond acceptors (Lipinski definition) is 5. The Bertz CT molecular complexity index is 443. The molecule has 0 bridgehead atoms. The molecule has 0 saturated carbocycles. The van der Waals surface area contributed by atoms with E-state index in [4.69, 9.17) is 0 Å². The van der Waals surface area contributed by atoms with Crippen LogP contribution in [0.2, 0.25) is 0 Å². The standard InChI is InChI=1S/C10H21N5O2S/c1-3-7-15-10(12-9-13-15)8-11-5-4-6-14-18(2,16)17/h9,11,14H,3-8H2,1-2H3. The first-order valence-electron chi connectivity index (χ1n) is 6.05. The molecule has 104 valence electrons. The van der Waals surface area contributed by atoms with Crippen LogP contribution in [0.25, 0.3) is 0 Å². The largest absolute Gasteiger partial charge is 0.310 e. The van der Waals surface area contributed by atoms with E-state index in [1.54, 1.807) is 6.33 Å². The second-order valence-corrected chi connectivity index (χ2v) is 5.93. The number of hydrogen-bond donors (Lipinski definition) is 2. The van der Waals surface area contributed by atoms with Crippen LogP contribution >= 0.6 is 0 Å². The van der Waals surface area contributed by atoms with Crippen molar-refractivity contribution in [1.82, 2.24) is 24.8 Å². The minimum Gasteiger partial charge on any atom is -0.310 e. The highest BCUT2D eigenvalue weighted by Gasteiger charge is 2.02. The van der Waals surface area contributed by atoms with Crippen molar-refractivity contribution in [3.63, 3.8) is 0 Å². The van der Waals surface area contributed by atoms with Crippen LogP contribution in [0.1, 0.15) is 25.6 Å². The molecule has 8 heteroatoms. The molecule has 1 aromatic heterocycles. The van der Waals surface area contributed by atoms with Gasteiger partial charge in [-0.2, -0.15) is 5.10 Å². The maximum Gasteiger partial charge on any atom is 0.208 e. The summed E-state index contributed by atoms with van der Waals surface area (Å²) in [6.07, 6.45) is 4.48. The summed E-state index contributed by atoms with van der Waals surface area (Å²) in [7, 11) is -3.07. The first-order chi connectivity index (χ1) is 8.53. The van der Waals surface area contributed by atoms with Gasteiger partial charge in [0.2, 0.25) is 10.0 Å². The summed E-state index contributed by atoms with van der Waals surface area (Å²) in [5.74, 6) is 0.910. The van der Waals surface area contributed by atoms with E-state index in [1.165, 1.54) is 0 Å². The van der Waals surface area contributed by atoms with Crippen LogP contribution in [0.5, 0.6) is 0 Å². The molecular weight excluding hydrogens is 254 g/mol. The Morgan fingerprint density at radius 3 is 2.83 bits per heavy atom. The van der Waals surface area contributed by atoms with Gasteiger partial charge in [-0.15, -0.1) is 0 Å². The maximum absolute atomic E-state index is 10.8. The van der Waals surface area contributed by atoms with Crippen LogP contribution in [0.3, 0.4) is 0 Å². The molecule has 0 spiro atoms. The molecule has 18 heavy (non-hydrogen) atoms. The summed E-state index contributed by atoms with van der Waals surface area (Å²) in [6, 6.07) is 0. The van der Waals surface area contributed by atoms with E-state index >= 15 is 0 Å². The minimum absolute atomic E-state index is 0.452. The third-order valence-electron chi connectivity index (χ3n) is 2.31. The molecule has 0 saturated heterocycles. The number of nitrogens with zero attached hydrogens (tertiary/aromatic N) is 3. The van der Waals surface area contributed by atoms with E-state index in [0.29, 0.717) is 13.1 Å². The quantitative estimate of drug-likeness (QED) is 0.605. The fourth-order valence-electron chi connectivity index (χ4n) is 1.49. The van der Waals surface area contributed by atoms with Crippen LogP contribution in [0, 0.1) is 0 Å². The van der Waals surface area contributed by atoms with Crippen molar-refractivity contribution in [2.75, 3.05) is 19.3 Å². The lowest BCUT2D eigenvalue weighted by Gasteiger charge is -2.06. The third kappa shape index (κ3) is 6.08. The monoisotopic (exact) mass is 275 g/mol. The molecule has 0 fully saturated rings. The molecule has 0 aliphatic rings. The van der Waals surface area contributed by atoms with Gasteiger partial charge in [0.05, 0.1) is 12.8 Å². The highest BCUT2D eigenvalue weighted by molar-refractivity contribution is 7.88. The van der Waals surface area contributed by atoms with E-state index in [2.05, 4.69) is 27.0 Å². The maximum atomic E-state index is 10.8.